The first-order valence-electron chi connectivity index (χ1n) is 6.10. The number of nitrogens with zero attached hydrogens (tertiary/aromatic N) is 3. The first-order chi connectivity index (χ1) is 8.28. The van der Waals surface area contributed by atoms with Crippen LogP contribution in [0.15, 0.2) is 18.3 Å². The summed E-state index contributed by atoms with van der Waals surface area (Å²) in [7, 11) is 0. The molecule has 2 saturated heterocycles. The van der Waals surface area contributed by atoms with Gasteiger partial charge in [0.15, 0.2) is 0 Å². The smallest absolute Gasteiger partial charge is 0.129 e. The van der Waals surface area contributed by atoms with E-state index in [4.69, 9.17) is 5.26 Å². The highest BCUT2D eigenvalue weighted by Crippen LogP contribution is 2.38. The normalized spacial score (nSPS) is 31.3. The molecule has 1 aromatic heterocycles. The summed E-state index contributed by atoms with van der Waals surface area (Å²) < 4.78 is 0. The Labute approximate surface area is 101 Å². The lowest BCUT2D eigenvalue weighted by molar-refractivity contribution is 0.126. The van der Waals surface area contributed by atoms with E-state index in [-0.39, 0.29) is 6.10 Å². The maximum absolute atomic E-state index is 9.75. The molecular weight excluding hydrogens is 214 g/mol. The SMILES string of the molecule is N#Cc1ccc(N2[C@@H]3CC[C@H]2C[C@@H](O)C3)nc1. The van der Waals surface area contributed by atoms with Crippen molar-refractivity contribution in [2.45, 2.75) is 43.9 Å². The number of aliphatic hydroxyl groups is 1. The molecular formula is C13H15N3O. The van der Waals surface area contributed by atoms with Gasteiger partial charge in [-0.2, -0.15) is 5.26 Å². The highest BCUT2D eigenvalue weighted by atomic mass is 16.3. The molecule has 2 fully saturated rings. The van der Waals surface area contributed by atoms with Gasteiger partial charge in [0, 0.05) is 18.3 Å². The molecule has 17 heavy (non-hydrogen) atoms. The largest absolute Gasteiger partial charge is 0.393 e. The quantitative estimate of drug-likeness (QED) is 0.791. The molecule has 3 rings (SSSR count). The third-order valence-corrected chi connectivity index (χ3v) is 3.85. The van der Waals surface area contributed by atoms with E-state index in [9.17, 15) is 5.11 Å². The van der Waals surface area contributed by atoms with E-state index in [1.807, 2.05) is 12.1 Å². The summed E-state index contributed by atoms with van der Waals surface area (Å²) in [5.74, 6) is 0.948. The van der Waals surface area contributed by atoms with Crippen LogP contribution in [-0.4, -0.2) is 28.3 Å². The Morgan fingerprint density at radius 1 is 1.29 bits per heavy atom. The van der Waals surface area contributed by atoms with Crippen molar-refractivity contribution in [3.8, 4) is 6.07 Å². The molecule has 88 valence electrons. The van der Waals surface area contributed by atoms with E-state index in [1.165, 1.54) is 0 Å². The number of rotatable bonds is 1. The molecule has 0 amide bonds. The van der Waals surface area contributed by atoms with Crippen molar-refractivity contribution >= 4 is 5.82 Å². The van der Waals surface area contributed by atoms with Gasteiger partial charge in [0.25, 0.3) is 0 Å². The molecule has 0 spiro atoms. The molecule has 4 heteroatoms. The number of aliphatic hydroxyl groups excluding tert-OH is 1. The van der Waals surface area contributed by atoms with Crippen molar-refractivity contribution < 1.29 is 5.11 Å². The molecule has 2 aliphatic rings. The molecule has 0 aliphatic carbocycles. The van der Waals surface area contributed by atoms with E-state index in [1.54, 1.807) is 6.20 Å². The van der Waals surface area contributed by atoms with Gasteiger partial charge in [0.05, 0.1) is 11.7 Å². The van der Waals surface area contributed by atoms with Gasteiger partial charge in [-0.3, -0.25) is 0 Å². The molecule has 4 nitrogen and oxygen atoms in total. The summed E-state index contributed by atoms with van der Waals surface area (Å²) in [4.78, 5) is 6.69. The van der Waals surface area contributed by atoms with E-state index in [2.05, 4.69) is 16.0 Å². The van der Waals surface area contributed by atoms with Crippen LogP contribution in [0.4, 0.5) is 5.82 Å². The molecule has 1 aromatic rings. The molecule has 3 atom stereocenters. The minimum absolute atomic E-state index is 0.151. The average Bonchev–Trinajstić information content (AvgIpc) is 2.62. The van der Waals surface area contributed by atoms with Crippen LogP contribution in [-0.2, 0) is 0 Å². The fourth-order valence-corrected chi connectivity index (χ4v) is 3.13. The van der Waals surface area contributed by atoms with Crippen LogP contribution in [0.3, 0.4) is 0 Å². The Balaban J connectivity index is 1.87. The van der Waals surface area contributed by atoms with Crippen molar-refractivity contribution in [3.63, 3.8) is 0 Å². The second kappa shape index (κ2) is 4.01. The van der Waals surface area contributed by atoms with Crippen LogP contribution >= 0.6 is 0 Å². The van der Waals surface area contributed by atoms with Gasteiger partial charge in [0.2, 0.25) is 0 Å². The number of hydrogen-bond acceptors (Lipinski definition) is 4. The summed E-state index contributed by atoms with van der Waals surface area (Å²) in [5, 5.41) is 18.5. The lowest BCUT2D eigenvalue weighted by Gasteiger charge is -2.38. The molecule has 2 aliphatic heterocycles. The fraction of sp³-hybridized carbons (Fsp3) is 0.538. The van der Waals surface area contributed by atoms with Gasteiger partial charge in [-0.1, -0.05) is 0 Å². The van der Waals surface area contributed by atoms with Crippen LogP contribution in [0, 0.1) is 11.3 Å². The predicted molar refractivity (Wildman–Crippen MR) is 63.5 cm³/mol. The van der Waals surface area contributed by atoms with E-state index in [0.717, 1.165) is 31.5 Å². The Morgan fingerprint density at radius 2 is 2.00 bits per heavy atom. The van der Waals surface area contributed by atoms with Crippen LogP contribution in [0.2, 0.25) is 0 Å². The Morgan fingerprint density at radius 3 is 2.53 bits per heavy atom. The second-order valence-corrected chi connectivity index (χ2v) is 4.93. The van der Waals surface area contributed by atoms with Gasteiger partial charge >= 0.3 is 0 Å². The zero-order valence-electron chi connectivity index (χ0n) is 9.58. The second-order valence-electron chi connectivity index (χ2n) is 4.93. The Kier molecular flexibility index (Phi) is 2.49. The van der Waals surface area contributed by atoms with Crippen LogP contribution in [0.25, 0.3) is 0 Å². The number of hydrogen-bond donors (Lipinski definition) is 1. The van der Waals surface area contributed by atoms with Crippen LogP contribution in [0.1, 0.15) is 31.2 Å². The zero-order valence-corrected chi connectivity index (χ0v) is 9.58. The third kappa shape index (κ3) is 1.77. The topological polar surface area (TPSA) is 60.2 Å². The lowest BCUT2D eigenvalue weighted by atomic mass is 10.00. The average molecular weight is 229 g/mol. The first-order valence-corrected chi connectivity index (χ1v) is 6.10. The van der Waals surface area contributed by atoms with Gasteiger partial charge in [0.1, 0.15) is 11.9 Å². The van der Waals surface area contributed by atoms with Gasteiger partial charge in [-0.15, -0.1) is 0 Å². The summed E-state index contributed by atoms with van der Waals surface area (Å²) in [6, 6.07) is 6.65. The van der Waals surface area contributed by atoms with Crippen molar-refractivity contribution in [3.05, 3.63) is 23.9 Å². The molecule has 3 heterocycles. The van der Waals surface area contributed by atoms with Crippen LogP contribution < -0.4 is 4.90 Å². The molecule has 0 aromatic carbocycles. The summed E-state index contributed by atoms with van der Waals surface area (Å²) in [6.45, 7) is 0. The maximum atomic E-state index is 9.75. The molecule has 0 unspecified atom stereocenters. The van der Waals surface area contributed by atoms with Gasteiger partial charge < -0.3 is 10.0 Å². The maximum Gasteiger partial charge on any atom is 0.129 e. The summed E-state index contributed by atoms with van der Waals surface area (Å²) >= 11 is 0. The van der Waals surface area contributed by atoms with Gasteiger partial charge in [-0.05, 0) is 37.8 Å². The minimum atomic E-state index is -0.151. The van der Waals surface area contributed by atoms with Crippen molar-refractivity contribution in [1.29, 1.82) is 5.26 Å². The Hall–Kier alpha value is -1.60. The first kappa shape index (κ1) is 10.5. The molecule has 1 N–H and O–H groups in total. The summed E-state index contributed by atoms with van der Waals surface area (Å²) in [6.07, 6.45) is 5.45. The number of anilines is 1. The van der Waals surface area contributed by atoms with E-state index < -0.39 is 0 Å². The molecule has 2 bridgehead atoms. The number of fused-ring (bicyclic) bond motifs is 2. The molecule has 0 saturated carbocycles. The van der Waals surface area contributed by atoms with Crippen molar-refractivity contribution in [1.82, 2.24) is 4.98 Å². The van der Waals surface area contributed by atoms with Crippen molar-refractivity contribution in [2.75, 3.05) is 4.90 Å². The van der Waals surface area contributed by atoms with Crippen LogP contribution in [0.5, 0.6) is 0 Å². The zero-order chi connectivity index (χ0) is 11.8. The summed E-state index contributed by atoms with van der Waals surface area (Å²) in [5.41, 5.74) is 0.596. The van der Waals surface area contributed by atoms with Gasteiger partial charge in [-0.25, -0.2) is 4.98 Å². The lowest BCUT2D eigenvalue weighted by Crippen LogP contribution is -2.45. The fourth-order valence-electron chi connectivity index (χ4n) is 3.13. The number of pyridine rings is 1. The monoisotopic (exact) mass is 229 g/mol. The highest BCUT2D eigenvalue weighted by Gasteiger charge is 2.40. The number of aromatic nitrogens is 1. The third-order valence-electron chi connectivity index (χ3n) is 3.85. The number of piperidine rings is 1. The predicted octanol–water partition coefficient (Wildman–Crippen LogP) is 1.45. The highest BCUT2D eigenvalue weighted by molar-refractivity contribution is 5.46. The molecule has 0 radical (unpaired) electrons. The van der Waals surface area contributed by atoms with E-state index in [0.29, 0.717) is 17.6 Å². The number of nitriles is 1. The Bertz CT molecular complexity index is 437. The van der Waals surface area contributed by atoms with E-state index >= 15 is 0 Å². The van der Waals surface area contributed by atoms with Crippen molar-refractivity contribution in [2.24, 2.45) is 0 Å². The minimum Gasteiger partial charge on any atom is -0.393 e. The standard InChI is InChI=1S/C13H15N3O/c14-7-9-1-4-13(15-8-9)16-10-2-3-11(16)6-12(17)5-10/h1,4,8,10-12,17H,2-3,5-6H2/t10-,11+,12+.